The first-order valence-corrected chi connectivity index (χ1v) is 13.1. The van der Waals surface area contributed by atoms with Gasteiger partial charge in [0.15, 0.2) is 0 Å². The molecule has 35 heavy (non-hydrogen) atoms. The Kier molecular flexibility index (Phi) is 5.16. The molecule has 0 amide bonds. The molecule has 5 heteroatoms. The minimum atomic E-state index is -1.19. The Bertz CT molecular complexity index is 1080. The zero-order valence-electron chi connectivity index (χ0n) is 20.9. The largest absolute Gasteiger partial charge is 0.457 e. The van der Waals surface area contributed by atoms with E-state index < -0.39 is 16.4 Å². The summed E-state index contributed by atoms with van der Waals surface area (Å²) in [6, 6.07) is 21.2. The fourth-order valence-corrected chi connectivity index (χ4v) is 7.43. The number of hydrogen-bond donors (Lipinski definition) is 0. The van der Waals surface area contributed by atoms with Gasteiger partial charge in [-0.15, -0.1) is 0 Å². The summed E-state index contributed by atoms with van der Waals surface area (Å²) in [4.78, 5) is 29.3. The Morgan fingerprint density at radius 3 is 2.00 bits per heavy atom. The number of piperidine rings is 3. The van der Waals surface area contributed by atoms with Crippen LogP contribution in [0, 0.1) is 16.7 Å². The van der Waals surface area contributed by atoms with E-state index in [9.17, 15) is 9.59 Å². The van der Waals surface area contributed by atoms with Crippen LogP contribution in [0.2, 0.25) is 0 Å². The highest BCUT2D eigenvalue weighted by molar-refractivity contribution is 5.93. The number of benzene rings is 2. The smallest absolute Gasteiger partial charge is 0.351 e. The normalized spacial score (nSPS) is 36.9. The molecule has 0 radical (unpaired) electrons. The fraction of sp³-hybridized carbons (Fsp3) is 0.533. The molecule has 5 fully saturated rings. The van der Waals surface area contributed by atoms with E-state index in [2.05, 4.69) is 53.4 Å². The summed E-state index contributed by atoms with van der Waals surface area (Å²) in [5.41, 5.74) is 0.0327. The lowest BCUT2D eigenvalue weighted by Crippen LogP contribution is -2.62. The number of esters is 2. The molecule has 4 atom stereocenters. The number of ether oxygens (including phenoxy) is 2. The summed E-state index contributed by atoms with van der Waals surface area (Å²) in [6.07, 6.45) is 3.01. The zero-order chi connectivity index (χ0) is 24.4. The van der Waals surface area contributed by atoms with Crippen LogP contribution in [-0.2, 0) is 19.1 Å². The minimum Gasteiger partial charge on any atom is -0.457 e. The van der Waals surface area contributed by atoms with Crippen LogP contribution < -0.4 is 0 Å². The van der Waals surface area contributed by atoms with E-state index in [1.54, 1.807) is 0 Å². The molecule has 4 heterocycles. The quantitative estimate of drug-likeness (QED) is 0.576. The van der Waals surface area contributed by atoms with Crippen molar-refractivity contribution in [3.05, 3.63) is 71.8 Å². The van der Waals surface area contributed by atoms with Gasteiger partial charge in [0.1, 0.15) is 6.10 Å². The summed E-state index contributed by atoms with van der Waals surface area (Å²) < 4.78 is 12.4. The van der Waals surface area contributed by atoms with Crippen LogP contribution in [0.4, 0.5) is 0 Å². The molecule has 0 unspecified atom stereocenters. The third-order valence-corrected chi connectivity index (χ3v) is 10.1. The molecule has 5 aliphatic rings. The first-order valence-electron chi connectivity index (χ1n) is 13.1. The summed E-state index contributed by atoms with van der Waals surface area (Å²) in [6.45, 7) is 7.97. The lowest BCUT2D eigenvalue weighted by Gasteiger charge is -2.53. The van der Waals surface area contributed by atoms with Gasteiger partial charge in [-0.2, -0.15) is 0 Å². The van der Waals surface area contributed by atoms with Crippen molar-refractivity contribution >= 4 is 11.9 Å². The monoisotopic (exact) mass is 473 g/mol. The fourth-order valence-electron chi connectivity index (χ4n) is 7.43. The van der Waals surface area contributed by atoms with Gasteiger partial charge in [0.05, 0.1) is 11.5 Å². The maximum Gasteiger partial charge on any atom is 0.351 e. The maximum atomic E-state index is 14.0. The topological polar surface area (TPSA) is 55.8 Å². The van der Waals surface area contributed by atoms with E-state index >= 15 is 0 Å². The highest BCUT2D eigenvalue weighted by atomic mass is 16.6. The first-order chi connectivity index (χ1) is 16.8. The molecule has 4 saturated heterocycles. The highest BCUT2D eigenvalue weighted by Gasteiger charge is 2.76. The number of carbonyl (C=O) groups excluding carboxylic acids is 2. The van der Waals surface area contributed by atoms with Gasteiger partial charge < -0.3 is 9.47 Å². The second kappa shape index (κ2) is 7.92. The third-order valence-electron chi connectivity index (χ3n) is 10.1. The number of rotatable bonds is 5. The van der Waals surface area contributed by atoms with Crippen molar-refractivity contribution in [2.75, 3.05) is 13.1 Å². The lowest BCUT2D eigenvalue weighted by molar-refractivity contribution is -0.198. The van der Waals surface area contributed by atoms with Crippen LogP contribution in [0.5, 0.6) is 0 Å². The van der Waals surface area contributed by atoms with Gasteiger partial charge in [0.2, 0.25) is 5.60 Å². The molecule has 4 aliphatic heterocycles. The molecular formula is C30H35NO4. The van der Waals surface area contributed by atoms with Crippen molar-refractivity contribution in [1.82, 2.24) is 4.90 Å². The lowest BCUT2D eigenvalue weighted by atomic mass is 9.66. The van der Waals surface area contributed by atoms with Gasteiger partial charge in [-0.3, -0.25) is 9.69 Å². The van der Waals surface area contributed by atoms with E-state index in [0.29, 0.717) is 18.8 Å². The molecule has 2 aromatic rings. The number of hydrogen-bond acceptors (Lipinski definition) is 5. The molecule has 7 rings (SSSR count). The predicted octanol–water partition coefficient (Wildman–Crippen LogP) is 4.95. The van der Waals surface area contributed by atoms with Crippen LogP contribution in [0.1, 0.15) is 63.5 Å². The molecule has 0 N–H and O–H groups in total. The zero-order valence-corrected chi connectivity index (χ0v) is 20.9. The molecule has 2 aromatic carbocycles. The van der Waals surface area contributed by atoms with Crippen LogP contribution in [0.15, 0.2) is 60.7 Å². The molecule has 0 spiro atoms. The van der Waals surface area contributed by atoms with Gasteiger partial charge in [-0.25, -0.2) is 4.79 Å². The van der Waals surface area contributed by atoms with Crippen LogP contribution >= 0.6 is 0 Å². The summed E-state index contributed by atoms with van der Waals surface area (Å²) in [5.74, 6) is -0.208. The van der Waals surface area contributed by atoms with Crippen molar-refractivity contribution < 1.29 is 19.1 Å². The van der Waals surface area contributed by atoms with Crippen molar-refractivity contribution in [3.63, 3.8) is 0 Å². The van der Waals surface area contributed by atoms with Crippen molar-refractivity contribution in [3.8, 4) is 0 Å². The van der Waals surface area contributed by atoms with Crippen molar-refractivity contribution in [2.24, 2.45) is 16.7 Å². The van der Waals surface area contributed by atoms with Crippen molar-refractivity contribution in [1.29, 1.82) is 0 Å². The van der Waals surface area contributed by atoms with E-state index in [0.717, 1.165) is 25.9 Å². The van der Waals surface area contributed by atoms with E-state index in [-0.39, 0.29) is 30.0 Å². The predicted molar refractivity (Wildman–Crippen MR) is 133 cm³/mol. The van der Waals surface area contributed by atoms with Gasteiger partial charge in [0, 0.05) is 11.3 Å². The standard InChI is InChI=1S/C30H35NO4/c1-28(2)29(3)16-17-30(28,35-26(29)32)27(33)34-25-22-14-18-31(19-15-22)24(25)23(20-10-6-4-7-11-20)21-12-8-5-9-13-21/h4-13,22-25H,14-19H2,1-3H3/t24-,25-,29+,30-/m0/s1. The van der Waals surface area contributed by atoms with Crippen LogP contribution in [0.3, 0.4) is 0 Å². The Hall–Kier alpha value is -2.66. The minimum absolute atomic E-state index is 0.0423. The van der Waals surface area contributed by atoms with Gasteiger partial charge in [-0.1, -0.05) is 74.5 Å². The average Bonchev–Trinajstić information content (AvgIpc) is 3.18. The second-order valence-corrected chi connectivity index (χ2v) is 11.7. The molecule has 0 aromatic heterocycles. The average molecular weight is 474 g/mol. The molecular weight excluding hydrogens is 438 g/mol. The second-order valence-electron chi connectivity index (χ2n) is 11.7. The summed E-state index contributed by atoms with van der Waals surface area (Å²) >= 11 is 0. The Labute approximate surface area is 207 Å². The van der Waals surface area contributed by atoms with Gasteiger partial charge in [-0.05, 0) is 62.7 Å². The van der Waals surface area contributed by atoms with Crippen LogP contribution in [0.25, 0.3) is 0 Å². The Morgan fingerprint density at radius 1 is 0.943 bits per heavy atom. The Balaban J connectivity index is 1.38. The van der Waals surface area contributed by atoms with E-state index in [1.807, 2.05) is 32.9 Å². The number of fused-ring (bicyclic) bond motifs is 5. The van der Waals surface area contributed by atoms with E-state index in [1.165, 1.54) is 11.1 Å². The highest BCUT2D eigenvalue weighted by Crippen LogP contribution is 2.66. The third kappa shape index (κ3) is 3.10. The van der Waals surface area contributed by atoms with Crippen LogP contribution in [-0.4, -0.2) is 47.7 Å². The number of nitrogens with zero attached hydrogens (tertiary/aromatic N) is 1. The number of carbonyl (C=O) groups is 2. The molecule has 4 bridgehead atoms. The molecule has 1 aliphatic carbocycles. The molecule has 184 valence electrons. The maximum absolute atomic E-state index is 14.0. The summed E-state index contributed by atoms with van der Waals surface area (Å²) in [7, 11) is 0. The van der Waals surface area contributed by atoms with Crippen molar-refractivity contribution in [2.45, 2.75) is 70.1 Å². The SMILES string of the molecule is CC1(C)[C@@]2(C(=O)O[C@H]3C4CCN(CC4)[C@H]3C(c3ccccc3)c3ccccc3)CC[C@]1(C)C(=O)O2. The van der Waals surface area contributed by atoms with Gasteiger partial charge in [0.25, 0.3) is 0 Å². The molecule has 5 nitrogen and oxygen atoms in total. The first kappa shape index (κ1) is 22.8. The van der Waals surface area contributed by atoms with E-state index in [4.69, 9.17) is 9.47 Å². The Morgan fingerprint density at radius 2 is 1.51 bits per heavy atom. The molecule has 1 saturated carbocycles. The van der Waals surface area contributed by atoms with Gasteiger partial charge >= 0.3 is 11.9 Å². The summed E-state index contributed by atoms with van der Waals surface area (Å²) in [5, 5.41) is 0.